The number of aromatic nitrogens is 3. The summed E-state index contributed by atoms with van der Waals surface area (Å²) in [5, 5.41) is 0.781. The fourth-order valence-electron chi connectivity index (χ4n) is 3.79. The summed E-state index contributed by atoms with van der Waals surface area (Å²) in [6.45, 7) is 2.54. The molecule has 2 aromatic carbocycles. The molecule has 5 rings (SSSR count). The van der Waals surface area contributed by atoms with Gasteiger partial charge in [-0.05, 0) is 43.3 Å². The Kier molecular flexibility index (Phi) is 6.18. The summed E-state index contributed by atoms with van der Waals surface area (Å²) in [6.07, 6.45) is 5.12. The number of nitrogens with one attached hydrogen (secondary N) is 1. The molecule has 0 radical (unpaired) electrons. The highest BCUT2D eigenvalue weighted by molar-refractivity contribution is 7.93. The third kappa shape index (κ3) is 4.72. The Bertz CT molecular complexity index is 1490. The number of para-hydroxylation sites is 1. The monoisotopic (exact) mass is 529 g/mol. The van der Waals surface area contributed by atoms with Crippen molar-refractivity contribution in [2.24, 2.45) is 0 Å². The topological polar surface area (TPSA) is 114 Å². The van der Waals surface area contributed by atoms with Crippen LogP contribution in [0.2, 0.25) is 4.34 Å². The highest BCUT2D eigenvalue weighted by Gasteiger charge is 2.37. The summed E-state index contributed by atoms with van der Waals surface area (Å²) in [7, 11) is -3.91. The van der Waals surface area contributed by atoms with Gasteiger partial charge in [0.05, 0.1) is 11.7 Å². The lowest BCUT2D eigenvalue weighted by atomic mass is 10.0. The Morgan fingerprint density at radius 2 is 1.91 bits per heavy atom. The number of halogens is 1. The van der Waals surface area contributed by atoms with E-state index < -0.39 is 15.6 Å². The molecule has 0 aliphatic carbocycles. The van der Waals surface area contributed by atoms with Crippen LogP contribution in [-0.4, -0.2) is 47.5 Å². The summed E-state index contributed by atoms with van der Waals surface area (Å²) < 4.78 is 35.1. The van der Waals surface area contributed by atoms with Crippen molar-refractivity contribution in [3.8, 4) is 0 Å². The largest absolute Gasteiger partial charge is 0.348 e. The van der Waals surface area contributed by atoms with Crippen LogP contribution in [0, 0.1) is 0 Å². The average molecular weight is 530 g/mol. The second kappa shape index (κ2) is 9.15. The van der Waals surface area contributed by atoms with Crippen LogP contribution in [0.15, 0.2) is 66.0 Å². The number of hydrogen-bond acceptors (Lipinski definition) is 8. The number of sulfonamides is 1. The molecule has 1 unspecified atom stereocenters. The van der Waals surface area contributed by atoms with E-state index in [1.807, 2.05) is 6.92 Å². The fraction of sp³-hybridized carbons (Fsp3) is 0.217. The molecule has 1 amide bonds. The predicted molar refractivity (Wildman–Crippen MR) is 133 cm³/mol. The maximum absolute atomic E-state index is 13.0. The molecule has 0 spiro atoms. The molecule has 1 N–H and O–H groups in total. The van der Waals surface area contributed by atoms with Crippen LogP contribution in [0.25, 0.3) is 11.0 Å². The molecule has 12 heteroatoms. The Morgan fingerprint density at radius 1 is 1.14 bits per heavy atom. The molecule has 4 aromatic rings. The van der Waals surface area contributed by atoms with Crippen LogP contribution in [-0.2, 0) is 20.4 Å². The molecule has 0 bridgehead atoms. The van der Waals surface area contributed by atoms with E-state index in [0.717, 1.165) is 5.01 Å². The summed E-state index contributed by atoms with van der Waals surface area (Å²) in [6, 6.07) is 11.0. The smallest absolute Gasteiger partial charge is 0.264 e. The van der Waals surface area contributed by atoms with Crippen molar-refractivity contribution in [1.29, 1.82) is 0 Å². The van der Waals surface area contributed by atoms with E-state index in [1.54, 1.807) is 47.5 Å². The molecule has 180 valence electrons. The van der Waals surface area contributed by atoms with Gasteiger partial charge in [0, 0.05) is 36.6 Å². The Balaban J connectivity index is 1.27. The number of nitrogens with zero attached hydrogens (tertiary/aromatic N) is 4. The zero-order valence-corrected chi connectivity index (χ0v) is 20.9. The first-order chi connectivity index (χ1) is 16.7. The molecular formula is C23H20ClN5O4S2. The van der Waals surface area contributed by atoms with Crippen molar-refractivity contribution in [2.75, 3.05) is 18.0 Å². The van der Waals surface area contributed by atoms with Crippen LogP contribution in [0.4, 0.5) is 5.69 Å². The van der Waals surface area contributed by atoms with Crippen molar-refractivity contribution in [2.45, 2.75) is 23.8 Å². The van der Waals surface area contributed by atoms with Gasteiger partial charge in [0.25, 0.3) is 15.9 Å². The molecule has 1 aliphatic heterocycles. The van der Waals surface area contributed by atoms with Gasteiger partial charge < -0.3 is 9.64 Å². The SMILES string of the molecule is CC1(c2ncc(Cl)s2)CCN(C(=O)c2ccc(NS(=O)(=O)c3cccc4nccnc34)cc2)CO1. The van der Waals surface area contributed by atoms with E-state index in [1.165, 1.54) is 29.8 Å². The molecule has 1 aliphatic rings. The van der Waals surface area contributed by atoms with Gasteiger partial charge >= 0.3 is 0 Å². The number of hydrogen-bond donors (Lipinski definition) is 1. The molecule has 35 heavy (non-hydrogen) atoms. The number of amides is 1. The van der Waals surface area contributed by atoms with Crippen molar-refractivity contribution in [3.05, 3.63) is 76.0 Å². The first-order valence-electron chi connectivity index (χ1n) is 10.6. The fourth-order valence-corrected chi connectivity index (χ4v) is 6.06. The van der Waals surface area contributed by atoms with Gasteiger partial charge in [-0.15, -0.1) is 11.3 Å². The number of carbonyl (C=O) groups is 1. The van der Waals surface area contributed by atoms with Crippen molar-refractivity contribution in [3.63, 3.8) is 0 Å². The number of fused-ring (bicyclic) bond motifs is 1. The van der Waals surface area contributed by atoms with E-state index in [2.05, 4.69) is 19.7 Å². The van der Waals surface area contributed by atoms with Crippen molar-refractivity contribution in [1.82, 2.24) is 19.9 Å². The van der Waals surface area contributed by atoms with Gasteiger partial charge in [0.2, 0.25) is 0 Å². The van der Waals surface area contributed by atoms with Crippen molar-refractivity contribution < 1.29 is 17.9 Å². The number of anilines is 1. The van der Waals surface area contributed by atoms with Crippen LogP contribution in [0.1, 0.15) is 28.7 Å². The number of rotatable bonds is 5. The van der Waals surface area contributed by atoms with E-state index in [4.69, 9.17) is 16.3 Å². The summed E-state index contributed by atoms with van der Waals surface area (Å²) >= 11 is 7.37. The molecule has 3 heterocycles. The van der Waals surface area contributed by atoms with E-state index in [0.29, 0.717) is 34.1 Å². The summed E-state index contributed by atoms with van der Waals surface area (Å²) in [5.74, 6) is -0.206. The lowest BCUT2D eigenvalue weighted by Crippen LogP contribution is -2.45. The second-order valence-electron chi connectivity index (χ2n) is 8.16. The molecule has 1 atom stereocenters. The highest BCUT2D eigenvalue weighted by Crippen LogP contribution is 2.36. The standard InChI is InChI=1S/C23H20ClN5O4S2/c1-23(22-27-13-19(24)34-22)9-12-29(14-33-23)21(30)15-5-7-16(8-6-15)28-35(31,32)18-4-2-3-17-20(18)26-11-10-25-17/h2-8,10-11,13,28H,9,12,14H2,1H3. The summed E-state index contributed by atoms with van der Waals surface area (Å²) in [5.41, 5.74) is 0.919. The molecule has 1 saturated heterocycles. The minimum Gasteiger partial charge on any atom is -0.348 e. The number of carbonyl (C=O) groups excluding carboxylic acids is 1. The van der Waals surface area contributed by atoms with Gasteiger partial charge in [-0.2, -0.15) is 0 Å². The number of thiazole rings is 1. The van der Waals surface area contributed by atoms with Gasteiger partial charge in [0.1, 0.15) is 32.1 Å². The van der Waals surface area contributed by atoms with Gasteiger partial charge in [-0.3, -0.25) is 19.5 Å². The zero-order chi connectivity index (χ0) is 24.6. The lowest BCUT2D eigenvalue weighted by Gasteiger charge is -2.38. The summed E-state index contributed by atoms with van der Waals surface area (Å²) in [4.78, 5) is 27.2. The Hall–Kier alpha value is -3.12. The molecule has 2 aromatic heterocycles. The lowest BCUT2D eigenvalue weighted by molar-refractivity contribution is -0.120. The maximum Gasteiger partial charge on any atom is 0.264 e. The van der Waals surface area contributed by atoms with Gasteiger partial charge in [-0.1, -0.05) is 17.7 Å². The van der Waals surface area contributed by atoms with E-state index >= 15 is 0 Å². The van der Waals surface area contributed by atoms with Crippen LogP contribution in [0.3, 0.4) is 0 Å². The highest BCUT2D eigenvalue weighted by atomic mass is 35.5. The predicted octanol–water partition coefficient (Wildman–Crippen LogP) is 4.28. The first-order valence-corrected chi connectivity index (χ1v) is 13.3. The zero-order valence-electron chi connectivity index (χ0n) is 18.5. The van der Waals surface area contributed by atoms with Crippen LogP contribution in [0.5, 0.6) is 0 Å². The Morgan fingerprint density at radius 3 is 2.60 bits per heavy atom. The minimum absolute atomic E-state index is 0.0262. The first kappa shape index (κ1) is 23.6. The third-order valence-electron chi connectivity index (χ3n) is 5.75. The number of benzene rings is 2. The molecule has 0 saturated carbocycles. The Labute approximate surface area is 210 Å². The number of ether oxygens (including phenoxy) is 1. The molecular weight excluding hydrogens is 510 g/mol. The van der Waals surface area contributed by atoms with E-state index in [9.17, 15) is 13.2 Å². The normalized spacial score (nSPS) is 18.5. The van der Waals surface area contributed by atoms with Gasteiger partial charge in [-0.25, -0.2) is 13.4 Å². The van der Waals surface area contributed by atoms with Crippen LogP contribution < -0.4 is 4.72 Å². The average Bonchev–Trinajstić information content (AvgIpc) is 3.31. The molecule has 9 nitrogen and oxygen atoms in total. The van der Waals surface area contributed by atoms with Gasteiger partial charge in [0.15, 0.2) is 0 Å². The van der Waals surface area contributed by atoms with Crippen LogP contribution >= 0.6 is 22.9 Å². The molecule has 1 fully saturated rings. The van der Waals surface area contributed by atoms with E-state index in [-0.39, 0.29) is 23.1 Å². The van der Waals surface area contributed by atoms with Crippen molar-refractivity contribution >= 4 is 55.6 Å². The quantitative estimate of drug-likeness (QED) is 0.410. The second-order valence-corrected chi connectivity index (χ2v) is 11.5. The maximum atomic E-state index is 13.0. The minimum atomic E-state index is -3.91. The third-order valence-corrected chi connectivity index (χ3v) is 8.52.